The van der Waals surface area contributed by atoms with E-state index in [1.54, 1.807) is 0 Å². The fraction of sp³-hybridized carbons (Fsp3) is 0.280. The molecule has 0 amide bonds. The van der Waals surface area contributed by atoms with Crippen LogP contribution in [0.4, 0.5) is 0 Å². The Morgan fingerprint density at radius 3 is 2.38 bits per heavy atom. The number of fused-ring (bicyclic) bond motifs is 1. The predicted octanol–water partition coefficient (Wildman–Crippen LogP) is 5.75. The first kappa shape index (κ1) is 20.4. The molecule has 1 atom stereocenters. The molecule has 0 bridgehead atoms. The molecule has 4 rings (SSSR count). The summed E-state index contributed by atoms with van der Waals surface area (Å²) in [5.41, 5.74) is 5.47. The SMILES string of the molecule is Clc1ccc(CC2Cc3ccccc3CN2CCNCc2ccccc2)cc1Cl. The van der Waals surface area contributed by atoms with Crippen molar-refractivity contribution in [3.8, 4) is 0 Å². The van der Waals surface area contributed by atoms with Crippen molar-refractivity contribution in [3.05, 3.63) is 105 Å². The van der Waals surface area contributed by atoms with Gasteiger partial charge in [-0.2, -0.15) is 0 Å². The zero-order valence-electron chi connectivity index (χ0n) is 16.5. The predicted molar refractivity (Wildman–Crippen MR) is 123 cm³/mol. The third kappa shape index (κ3) is 5.40. The van der Waals surface area contributed by atoms with Gasteiger partial charge in [0, 0.05) is 32.2 Å². The Labute approximate surface area is 183 Å². The van der Waals surface area contributed by atoms with Gasteiger partial charge in [-0.15, -0.1) is 0 Å². The van der Waals surface area contributed by atoms with Crippen molar-refractivity contribution in [3.63, 3.8) is 0 Å². The van der Waals surface area contributed by atoms with Gasteiger partial charge in [-0.25, -0.2) is 0 Å². The molecule has 0 saturated heterocycles. The molecule has 1 unspecified atom stereocenters. The van der Waals surface area contributed by atoms with Crippen LogP contribution in [0.3, 0.4) is 0 Å². The molecule has 1 aliphatic rings. The van der Waals surface area contributed by atoms with Crippen LogP contribution in [-0.4, -0.2) is 24.0 Å². The standard InChI is InChI=1S/C25H26Cl2N2/c26-24-11-10-20(15-25(24)27)14-23-16-21-8-4-5-9-22(21)18-29(23)13-12-28-17-19-6-2-1-3-7-19/h1-11,15,23,28H,12-14,16-18H2. The van der Waals surface area contributed by atoms with E-state index in [-0.39, 0.29) is 0 Å². The Balaban J connectivity index is 1.42. The monoisotopic (exact) mass is 424 g/mol. The average Bonchev–Trinajstić information content (AvgIpc) is 2.75. The van der Waals surface area contributed by atoms with E-state index in [4.69, 9.17) is 23.2 Å². The van der Waals surface area contributed by atoms with Crippen molar-refractivity contribution in [1.29, 1.82) is 0 Å². The normalized spacial score (nSPS) is 16.6. The van der Waals surface area contributed by atoms with Gasteiger partial charge < -0.3 is 5.32 Å². The molecule has 1 N–H and O–H groups in total. The third-order valence-corrected chi connectivity index (χ3v) is 6.41. The van der Waals surface area contributed by atoms with Crippen LogP contribution in [0, 0.1) is 0 Å². The molecular formula is C25H26Cl2N2. The fourth-order valence-electron chi connectivity index (χ4n) is 4.09. The lowest BCUT2D eigenvalue weighted by Crippen LogP contribution is -2.44. The van der Waals surface area contributed by atoms with Gasteiger partial charge >= 0.3 is 0 Å². The second-order valence-electron chi connectivity index (χ2n) is 7.71. The van der Waals surface area contributed by atoms with Crippen LogP contribution >= 0.6 is 23.2 Å². The molecule has 150 valence electrons. The maximum absolute atomic E-state index is 6.25. The second-order valence-corrected chi connectivity index (χ2v) is 8.53. The van der Waals surface area contributed by atoms with Crippen LogP contribution < -0.4 is 5.32 Å². The maximum Gasteiger partial charge on any atom is 0.0595 e. The summed E-state index contributed by atoms with van der Waals surface area (Å²) < 4.78 is 0. The van der Waals surface area contributed by atoms with Gasteiger partial charge in [-0.3, -0.25) is 4.90 Å². The lowest BCUT2D eigenvalue weighted by Gasteiger charge is -2.37. The zero-order chi connectivity index (χ0) is 20.1. The molecule has 0 fully saturated rings. The van der Waals surface area contributed by atoms with Crippen molar-refractivity contribution in [2.45, 2.75) is 32.0 Å². The van der Waals surface area contributed by atoms with Gasteiger partial charge in [0.1, 0.15) is 0 Å². The summed E-state index contributed by atoms with van der Waals surface area (Å²) in [6, 6.07) is 25.8. The number of benzene rings is 3. The van der Waals surface area contributed by atoms with Crippen LogP contribution in [0.2, 0.25) is 10.0 Å². The molecule has 0 saturated carbocycles. The van der Waals surface area contributed by atoms with Crippen molar-refractivity contribution in [2.24, 2.45) is 0 Å². The zero-order valence-corrected chi connectivity index (χ0v) is 18.0. The van der Waals surface area contributed by atoms with E-state index >= 15 is 0 Å². The molecule has 2 nitrogen and oxygen atoms in total. The minimum atomic E-state index is 0.459. The molecule has 0 aliphatic carbocycles. The highest BCUT2D eigenvalue weighted by Crippen LogP contribution is 2.28. The first-order valence-corrected chi connectivity index (χ1v) is 10.9. The Bertz CT molecular complexity index is 943. The van der Waals surface area contributed by atoms with Crippen molar-refractivity contribution in [2.75, 3.05) is 13.1 Å². The van der Waals surface area contributed by atoms with Gasteiger partial charge in [0.05, 0.1) is 10.0 Å². The van der Waals surface area contributed by atoms with E-state index in [0.29, 0.717) is 16.1 Å². The summed E-state index contributed by atoms with van der Waals surface area (Å²) >= 11 is 12.4. The van der Waals surface area contributed by atoms with Gasteiger partial charge in [-0.1, -0.05) is 83.9 Å². The Morgan fingerprint density at radius 1 is 0.828 bits per heavy atom. The van der Waals surface area contributed by atoms with Crippen LogP contribution in [-0.2, 0) is 25.9 Å². The number of nitrogens with one attached hydrogen (secondary N) is 1. The molecule has 0 radical (unpaired) electrons. The summed E-state index contributed by atoms with van der Waals surface area (Å²) in [4.78, 5) is 2.60. The quantitative estimate of drug-likeness (QED) is 0.485. The summed E-state index contributed by atoms with van der Waals surface area (Å²) in [5, 5.41) is 4.85. The molecule has 29 heavy (non-hydrogen) atoms. The molecule has 3 aromatic carbocycles. The van der Waals surface area contributed by atoms with Gasteiger partial charge in [0.15, 0.2) is 0 Å². The summed E-state index contributed by atoms with van der Waals surface area (Å²) in [5.74, 6) is 0. The minimum Gasteiger partial charge on any atom is -0.311 e. The first-order chi connectivity index (χ1) is 14.2. The first-order valence-electron chi connectivity index (χ1n) is 10.2. The molecular weight excluding hydrogens is 399 g/mol. The van der Waals surface area contributed by atoms with Gasteiger partial charge in [0.25, 0.3) is 0 Å². The van der Waals surface area contributed by atoms with E-state index in [2.05, 4.69) is 70.9 Å². The second kappa shape index (κ2) is 9.77. The lowest BCUT2D eigenvalue weighted by molar-refractivity contribution is 0.170. The molecule has 4 heteroatoms. The topological polar surface area (TPSA) is 15.3 Å². The number of rotatable bonds is 7. The highest BCUT2D eigenvalue weighted by molar-refractivity contribution is 6.42. The smallest absolute Gasteiger partial charge is 0.0595 e. The molecule has 0 aromatic heterocycles. The fourth-order valence-corrected chi connectivity index (χ4v) is 4.42. The van der Waals surface area contributed by atoms with Crippen molar-refractivity contribution >= 4 is 23.2 Å². The maximum atomic E-state index is 6.25. The number of hydrogen-bond donors (Lipinski definition) is 1. The van der Waals surface area contributed by atoms with Crippen LogP contribution in [0.1, 0.15) is 22.3 Å². The number of nitrogens with zero attached hydrogens (tertiary/aromatic N) is 1. The van der Waals surface area contributed by atoms with E-state index in [9.17, 15) is 0 Å². The number of halogens is 2. The Hall–Kier alpha value is -1.84. The van der Waals surface area contributed by atoms with Gasteiger partial charge in [0.2, 0.25) is 0 Å². The summed E-state index contributed by atoms with van der Waals surface area (Å²) in [6.07, 6.45) is 2.04. The number of hydrogen-bond acceptors (Lipinski definition) is 2. The molecule has 3 aromatic rings. The summed E-state index contributed by atoms with van der Waals surface area (Å²) in [6.45, 7) is 3.89. The Kier molecular flexibility index (Phi) is 6.89. The van der Waals surface area contributed by atoms with Crippen LogP contribution in [0.5, 0.6) is 0 Å². The van der Waals surface area contributed by atoms with E-state index in [1.165, 1.54) is 22.3 Å². The lowest BCUT2D eigenvalue weighted by atomic mass is 9.90. The van der Waals surface area contributed by atoms with E-state index < -0.39 is 0 Å². The van der Waals surface area contributed by atoms with Crippen LogP contribution in [0.15, 0.2) is 72.8 Å². The summed E-state index contributed by atoms with van der Waals surface area (Å²) in [7, 11) is 0. The molecule has 0 spiro atoms. The third-order valence-electron chi connectivity index (χ3n) is 5.67. The largest absolute Gasteiger partial charge is 0.311 e. The minimum absolute atomic E-state index is 0.459. The van der Waals surface area contributed by atoms with E-state index in [0.717, 1.165) is 39.0 Å². The van der Waals surface area contributed by atoms with Crippen LogP contribution in [0.25, 0.3) is 0 Å². The van der Waals surface area contributed by atoms with Gasteiger partial charge in [-0.05, 0) is 47.2 Å². The molecule has 1 aliphatic heterocycles. The highest BCUT2D eigenvalue weighted by atomic mass is 35.5. The highest BCUT2D eigenvalue weighted by Gasteiger charge is 2.25. The van der Waals surface area contributed by atoms with Crippen molar-refractivity contribution < 1.29 is 0 Å². The van der Waals surface area contributed by atoms with Crippen molar-refractivity contribution in [1.82, 2.24) is 10.2 Å². The van der Waals surface area contributed by atoms with E-state index in [1.807, 2.05) is 12.1 Å². The molecule has 1 heterocycles. The average molecular weight is 425 g/mol. The Morgan fingerprint density at radius 2 is 1.59 bits per heavy atom.